The van der Waals surface area contributed by atoms with E-state index in [9.17, 15) is 0 Å². The lowest BCUT2D eigenvalue weighted by atomic mass is 9.95. The van der Waals surface area contributed by atoms with Gasteiger partial charge in [0.2, 0.25) is 5.75 Å². The highest BCUT2D eigenvalue weighted by Gasteiger charge is 2.28. The molecule has 1 aliphatic heterocycles. The smallest absolute Gasteiger partial charge is 0.203 e. The topological polar surface area (TPSA) is 43.4 Å². The molecule has 3 aromatic carbocycles. The molecule has 4 rings (SSSR count). The van der Waals surface area contributed by atoms with Crippen LogP contribution in [0.4, 0.5) is 5.69 Å². The maximum absolute atomic E-state index is 5.65. The Balaban J connectivity index is 1.69. The van der Waals surface area contributed by atoms with E-state index in [-0.39, 0.29) is 6.04 Å². The van der Waals surface area contributed by atoms with Crippen molar-refractivity contribution in [1.82, 2.24) is 4.90 Å². The van der Waals surface area contributed by atoms with Gasteiger partial charge in [0, 0.05) is 31.9 Å². The van der Waals surface area contributed by atoms with Crippen molar-refractivity contribution in [2.75, 3.05) is 59.5 Å². The molecule has 33 heavy (non-hydrogen) atoms. The van der Waals surface area contributed by atoms with Gasteiger partial charge in [-0.3, -0.25) is 4.90 Å². The van der Waals surface area contributed by atoms with E-state index in [1.165, 1.54) is 11.3 Å². The van der Waals surface area contributed by atoms with Crippen LogP contribution in [0.2, 0.25) is 0 Å². The first-order chi connectivity index (χ1) is 16.2. The van der Waals surface area contributed by atoms with Gasteiger partial charge in [-0.15, -0.1) is 0 Å². The number of ether oxygens (including phenoxy) is 4. The molecule has 0 aromatic heterocycles. The van der Waals surface area contributed by atoms with E-state index >= 15 is 0 Å². The molecule has 1 unspecified atom stereocenters. The van der Waals surface area contributed by atoms with Crippen LogP contribution in [-0.4, -0.2) is 59.5 Å². The monoisotopic (exact) mass is 448 g/mol. The SMILES string of the molecule is COc1ccc(C(c2cc(OC)c(OC)c(OC)c2)N2CCN(c3ccccc3)CC2)cc1. The Morgan fingerprint density at radius 3 is 1.76 bits per heavy atom. The molecule has 174 valence electrons. The van der Waals surface area contributed by atoms with Gasteiger partial charge < -0.3 is 23.8 Å². The first-order valence-electron chi connectivity index (χ1n) is 11.2. The number of hydrogen-bond donors (Lipinski definition) is 0. The van der Waals surface area contributed by atoms with Crippen LogP contribution in [0.25, 0.3) is 0 Å². The van der Waals surface area contributed by atoms with Gasteiger partial charge in [0.25, 0.3) is 0 Å². The van der Waals surface area contributed by atoms with Gasteiger partial charge in [0.1, 0.15) is 5.75 Å². The Morgan fingerprint density at radius 2 is 1.24 bits per heavy atom. The highest BCUT2D eigenvalue weighted by atomic mass is 16.5. The lowest BCUT2D eigenvalue weighted by Crippen LogP contribution is -2.48. The summed E-state index contributed by atoms with van der Waals surface area (Å²) in [7, 11) is 6.63. The van der Waals surface area contributed by atoms with Crippen LogP contribution in [0, 0.1) is 0 Å². The van der Waals surface area contributed by atoms with Crippen molar-refractivity contribution >= 4 is 5.69 Å². The highest BCUT2D eigenvalue weighted by Crippen LogP contribution is 2.42. The van der Waals surface area contributed by atoms with Crippen LogP contribution < -0.4 is 23.8 Å². The Labute approximate surface area is 196 Å². The molecule has 0 spiro atoms. The maximum atomic E-state index is 5.65. The lowest BCUT2D eigenvalue weighted by Gasteiger charge is -2.41. The third-order valence-electron chi connectivity index (χ3n) is 6.24. The molecule has 0 amide bonds. The van der Waals surface area contributed by atoms with Crippen LogP contribution in [0.1, 0.15) is 17.2 Å². The van der Waals surface area contributed by atoms with Crippen LogP contribution in [-0.2, 0) is 0 Å². The van der Waals surface area contributed by atoms with E-state index in [0.717, 1.165) is 37.5 Å². The van der Waals surface area contributed by atoms with Gasteiger partial charge in [-0.05, 0) is 47.5 Å². The van der Waals surface area contributed by atoms with Crippen molar-refractivity contribution in [2.24, 2.45) is 0 Å². The zero-order valence-electron chi connectivity index (χ0n) is 19.8. The molecule has 0 N–H and O–H groups in total. The fraction of sp³-hybridized carbons (Fsp3) is 0.333. The normalized spacial score (nSPS) is 15.1. The number of anilines is 1. The number of benzene rings is 3. The number of methoxy groups -OCH3 is 4. The minimum atomic E-state index is 0.0440. The van der Waals surface area contributed by atoms with Crippen molar-refractivity contribution in [3.05, 3.63) is 77.9 Å². The lowest BCUT2D eigenvalue weighted by molar-refractivity contribution is 0.211. The van der Waals surface area contributed by atoms with Gasteiger partial charge >= 0.3 is 0 Å². The van der Waals surface area contributed by atoms with E-state index in [0.29, 0.717) is 17.2 Å². The molecular weight excluding hydrogens is 416 g/mol. The summed E-state index contributed by atoms with van der Waals surface area (Å²) in [6.45, 7) is 3.78. The van der Waals surface area contributed by atoms with Crippen molar-refractivity contribution in [3.8, 4) is 23.0 Å². The molecule has 0 aliphatic carbocycles. The summed E-state index contributed by atoms with van der Waals surface area (Å²) in [5, 5.41) is 0. The molecule has 1 aliphatic rings. The van der Waals surface area contributed by atoms with Crippen LogP contribution in [0.5, 0.6) is 23.0 Å². The second kappa shape index (κ2) is 10.5. The van der Waals surface area contributed by atoms with Crippen LogP contribution in [0.15, 0.2) is 66.7 Å². The summed E-state index contributed by atoms with van der Waals surface area (Å²) in [5.41, 5.74) is 3.56. The van der Waals surface area contributed by atoms with Gasteiger partial charge in [-0.1, -0.05) is 30.3 Å². The summed E-state index contributed by atoms with van der Waals surface area (Å²) < 4.78 is 22.2. The number of nitrogens with zero attached hydrogens (tertiary/aromatic N) is 2. The zero-order chi connectivity index (χ0) is 23.2. The third kappa shape index (κ3) is 4.86. The summed E-state index contributed by atoms with van der Waals surface area (Å²) in [4.78, 5) is 4.96. The molecule has 1 atom stereocenters. The van der Waals surface area contributed by atoms with Gasteiger partial charge in [-0.2, -0.15) is 0 Å². The van der Waals surface area contributed by atoms with Crippen LogP contribution in [0.3, 0.4) is 0 Å². The summed E-state index contributed by atoms with van der Waals surface area (Å²) in [6, 6.07) is 23.1. The Bertz CT molecular complexity index is 1010. The van der Waals surface area contributed by atoms with Crippen molar-refractivity contribution in [3.63, 3.8) is 0 Å². The number of hydrogen-bond acceptors (Lipinski definition) is 6. The summed E-state index contributed by atoms with van der Waals surface area (Å²) in [6.07, 6.45) is 0. The quantitative estimate of drug-likeness (QED) is 0.501. The number of para-hydroxylation sites is 1. The minimum absolute atomic E-state index is 0.0440. The second-order valence-corrected chi connectivity index (χ2v) is 7.99. The Hall–Kier alpha value is -3.38. The third-order valence-corrected chi connectivity index (χ3v) is 6.24. The average molecular weight is 449 g/mol. The largest absolute Gasteiger partial charge is 0.497 e. The molecule has 1 saturated heterocycles. The van der Waals surface area contributed by atoms with Gasteiger partial charge in [0.15, 0.2) is 11.5 Å². The van der Waals surface area contributed by atoms with Gasteiger partial charge in [0.05, 0.1) is 34.5 Å². The van der Waals surface area contributed by atoms with Crippen molar-refractivity contribution in [1.29, 1.82) is 0 Å². The average Bonchev–Trinajstić information content (AvgIpc) is 2.89. The van der Waals surface area contributed by atoms with E-state index in [1.54, 1.807) is 28.4 Å². The predicted molar refractivity (Wildman–Crippen MR) is 131 cm³/mol. The fourth-order valence-electron chi connectivity index (χ4n) is 4.54. The molecule has 3 aromatic rings. The first kappa shape index (κ1) is 22.8. The molecule has 1 fully saturated rings. The van der Waals surface area contributed by atoms with E-state index in [2.05, 4.69) is 64.4 Å². The molecule has 1 heterocycles. The maximum Gasteiger partial charge on any atom is 0.203 e. The Kier molecular flexibility index (Phi) is 7.25. The van der Waals surface area contributed by atoms with E-state index in [1.807, 2.05) is 12.1 Å². The fourth-order valence-corrected chi connectivity index (χ4v) is 4.54. The predicted octanol–water partition coefficient (Wildman–Crippen LogP) is 4.63. The molecule has 0 radical (unpaired) electrons. The number of rotatable bonds is 8. The molecule has 6 heteroatoms. The first-order valence-corrected chi connectivity index (χ1v) is 11.2. The number of piperazine rings is 1. The van der Waals surface area contributed by atoms with Crippen molar-refractivity contribution in [2.45, 2.75) is 6.04 Å². The molecule has 0 bridgehead atoms. The van der Waals surface area contributed by atoms with Crippen LogP contribution >= 0.6 is 0 Å². The minimum Gasteiger partial charge on any atom is -0.497 e. The molecule has 0 saturated carbocycles. The van der Waals surface area contributed by atoms with Gasteiger partial charge in [-0.25, -0.2) is 0 Å². The summed E-state index contributed by atoms with van der Waals surface area (Å²) >= 11 is 0. The second-order valence-electron chi connectivity index (χ2n) is 7.99. The van der Waals surface area contributed by atoms with E-state index < -0.39 is 0 Å². The standard InChI is InChI=1S/C27H32N2O4/c1-30-23-12-10-20(11-13-23)26(21-18-24(31-2)27(33-4)25(19-21)32-3)29-16-14-28(15-17-29)22-8-6-5-7-9-22/h5-13,18-19,26H,14-17H2,1-4H3. The highest BCUT2D eigenvalue weighted by molar-refractivity contribution is 5.56. The van der Waals surface area contributed by atoms with Crippen molar-refractivity contribution < 1.29 is 18.9 Å². The van der Waals surface area contributed by atoms with E-state index in [4.69, 9.17) is 18.9 Å². The zero-order valence-corrected chi connectivity index (χ0v) is 19.8. The molecule has 6 nitrogen and oxygen atoms in total. The summed E-state index contributed by atoms with van der Waals surface area (Å²) in [5.74, 6) is 2.77. The Morgan fingerprint density at radius 1 is 0.636 bits per heavy atom. The molecular formula is C27H32N2O4.